The van der Waals surface area contributed by atoms with Crippen molar-refractivity contribution in [2.75, 3.05) is 13.7 Å². The van der Waals surface area contributed by atoms with Crippen LogP contribution in [0.15, 0.2) is 47.4 Å². The maximum absolute atomic E-state index is 13.6. The molecule has 0 aromatic heterocycles. The van der Waals surface area contributed by atoms with E-state index in [0.717, 1.165) is 18.2 Å². The third-order valence-corrected chi connectivity index (χ3v) is 5.00. The van der Waals surface area contributed by atoms with Crippen LogP contribution in [-0.2, 0) is 14.8 Å². The van der Waals surface area contributed by atoms with E-state index in [1.807, 2.05) is 0 Å². The summed E-state index contributed by atoms with van der Waals surface area (Å²) in [7, 11) is -2.99. The minimum Gasteiger partial charge on any atom is -0.375 e. The van der Waals surface area contributed by atoms with Crippen molar-refractivity contribution in [3.8, 4) is 0 Å². The summed E-state index contributed by atoms with van der Waals surface area (Å²) in [5, 5.41) is 0.399. The minimum absolute atomic E-state index is 0.226. The van der Waals surface area contributed by atoms with Gasteiger partial charge in [0.05, 0.1) is 6.10 Å². The number of methoxy groups -OCH3 is 1. The lowest BCUT2D eigenvalue weighted by Crippen LogP contribution is -2.30. The predicted octanol–water partition coefficient (Wildman–Crippen LogP) is 3.28. The van der Waals surface area contributed by atoms with Crippen LogP contribution in [0.5, 0.6) is 0 Å². The molecule has 0 saturated heterocycles. The highest BCUT2D eigenvalue weighted by atomic mass is 35.5. The zero-order valence-electron chi connectivity index (χ0n) is 12.1. The van der Waals surface area contributed by atoms with E-state index in [1.54, 1.807) is 24.3 Å². The molecule has 124 valence electrons. The summed E-state index contributed by atoms with van der Waals surface area (Å²) in [6.45, 7) is -0.226. The van der Waals surface area contributed by atoms with Crippen LogP contribution in [0, 0.1) is 11.6 Å². The van der Waals surface area contributed by atoms with Gasteiger partial charge in [-0.15, -0.1) is 0 Å². The second-order valence-corrected chi connectivity index (χ2v) is 6.76. The van der Waals surface area contributed by atoms with Crippen molar-refractivity contribution < 1.29 is 21.9 Å². The molecule has 0 aliphatic heterocycles. The Labute approximate surface area is 138 Å². The number of benzene rings is 2. The van der Waals surface area contributed by atoms with Gasteiger partial charge in [-0.05, 0) is 18.2 Å². The summed E-state index contributed by atoms with van der Waals surface area (Å²) >= 11 is 6.04. The highest BCUT2D eigenvalue weighted by Crippen LogP contribution is 2.25. The molecule has 1 unspecified atom stereocenters. The Bertz CT molecular complexity index is 779. The lowest BCUT2D eigenvalue weighted by molar-refractivity contribution is 0.107. The van der Waals surface area contributed by atoms with E-state index in [2.05, 4.69) is 4.72 Å². The number of halogens is 3. The fourth-order valence-corrected chi connectivity index (χ4v) is 3.48. The van der Waals surface area contributed by atoms with Crippen molar-refractivity contribution in [2.45, 2.75) is 11.0 Å². The van der Waals surface area contributed by atoms with Gasteiger partial charge in [0.15, 0.2) is 4.90 Å². The topological polar surface area (TPSA) is 55.4 Å². The molecule has 1 N–H and O–H groups in total. The molecule has 0 bridgehead atoms. The monoisotopic (exact) mass is 361 g/mol. The Morgan fingerprint density at radius 1 is 1.13 bits per heavy atom. The molecule has 23 heavy (non-hydrogen) atoms. The second kappa shape index (κ2) is 7.35. The average Bonchev–Trinajstić information content (AvgIpc) is 2.49. The fourth-order valence-electron chi connectivity index (χ4n) is 2.05. The van der Waals surface area contributed by atoms with Gasteiger partial charge in [-0.25, -0.2) is 21.9 Å². The van der Waals surface area contributed by atoms with Gasteiger partial charge >= 0.3 is 0 Å². The summed E-state index contributed by atoms with van der Waals surface area (Å²) in [5.41, 5.74) is 0.563. The van der Waals surface area contributed by atoms with E-state index in [1.165, 1.54) is 7.11 Å². The van der Waals surface area contributed by atoms with Crippen molar-refractivity contribution in [2.24, 2.45) is 0 Å². The van der Waals surface area contributed by atoms with E-state index in [4.69, 9.17) is 16.3 Å². The number of sulfonamides is 1. The van der Waals surface area contributed by atoms with Gasteiger partial charge in [0.1, 0.15) is 11.6 Å². The van der Waals surface area contributed by atoms with Gasteiger partial charge in [-0.2, -0.15) is 0 Å². The first-order chi connectivity index (χ1) is 10.9. The normalized spacial score (nSPS) is 13.0. The Morgan fingerprint density at radius 2 is 1.74 bits per heavy atom. The van der Waals surface area contributed by atoms with Crippen LogP contribution < -0.4 is 4.72 Å². The van der Waals surface area contributed by atoms with Crippen molar-refractivity contribution in [3.63, 3.8) is 0 Å². The summed E-state index contributed by atoms with van der Waals surface area (Å²) < 4.78 is 58.9. The number of rotatable bonds is 6. The number of nitrogens with one attached hydrogen (secondary N) is 1. The van der Waals surface area contributed by atoms with Gasteiger partial charge in [0.25, 0.3) is 0 Å². The van der Waals surface area contributed by atoms with Gasteiger partial charge in [-0.1, -0.05) is 35.9 Å². The lowest BCUT2D eigenvalue weighted by atomic mass is 10.1. The third kappa shape index (κ3) is 4.06. The van der Waals surface area contributed by atoms with E-state index in [-0.39, 0.29) is 6.54 Å². The average molecular weight is 362 g/mol. The Balaban J connectivity index is 2.23. The maximum atomic E-state index is 13.6. The van der Waals surface area contributed by atoms with Crippen LogP contribution in [0.3, 0.4) is 0 Å². The highest BCUT2D eigenvalue weighted by molar-refractivity contribution is 7.89. The lowest BCUT2D eigenvalue weighted by Gasteiger charge is -2.18. The summed E-state index contributed by atoms with van der Waals surface area (Å²) in [5.74, 6) is -2.33. The van der Waals surface area contributed by atoms with Crippen LogP contribution in [0.1, 0.15) is 11.7 Å². The Morgan fingerprint density at radius 3 is 2.30 bits per heavy atom. The molecular formula is C15H14ClF2NO3S. The second-order valence-electron chi connectivity index (χ2n) is 4.65. The summed E-state index contributed by atoms with van der Waals surface area (Å²) in [4.78, 5) is -1.02. The Hall–Kier alpha value is -1.54. The fraction of sp³-hybridized carbons (Fsp3) is 0.200. The molecule has 0 radical (unpaired) electrons. The first-order valence-electron chi connectivity index (χ1n) is 6.57. The molecule has 2 rings (SSSR count). The number of ether oxygens (including phenoxy) is 1. The van der Waals surface area contributed by atoms with Gasteiger partial charge in [-0.3, -0.25) is 0 Å². The van der Waals surface area contributed by atoms with Crippen molar-refractivity contribution in [1.29, 1.82) is 0 Å². The molecule has 0 saturated carbocycles. The first-order valence-corrected chi connectivity index (χ1v) is 8.44. The molecule has 0 heterocycles. The van der Waals surface area contributed by atoms with Crippen molar-refractivity contribution in [1.82, 2.24) is 4.72 Å². The third-order valence-electron chi connectivity index (χ3n) is 3.18. The molecule has 4 nitrogen and oxygen atoms in total. The number of hydrogen-bond acceptors (Lipinski definition) is 3. The molecule has 0 aliphatic carbocycles. The number of hydrogen-bond donors (Lipinski definition) is 1. The van der Waals surface area contributed by atoms with E-state index >= 15 is 0 Å². The van der Waals surface area contributed by atoms with E-state index in [0.29, 0.717) is 10.6 Å². The van der Waals surface area contributed by atoms with Crippen LogP contribution in [0.25, 0.3) is 0 Å². The van der Waals surface area contributed by atoms with E-state index < -0.39 is 32.7 Å². The standard InChI is InChI=1S/C15H14ClF2NO3S/c1-22-14(10-5-2-3-6-11(10)16)9-19-23(20,21)15-12(17)7-4-8-13(15)18/h2-8,14,19H,9H2,1H3. The summed E-state index contributed by atoms with van der Waals surface area (Å²) in [6.07, 6.45) is -0.701. The molecule has 0 aliphatic rings. The van der Waals surface area contributed by atoms with Crippen molar-refractivity contribution in [3.05, 3.63) is 64.7 Å². The van der Waals surface area contributed by atoms with E-state index in [9.17, 15) is 17.2 Å². The van der Waals surface area contributed by atoms with Crippen LogP contribution in [0.4, 0.5) is 8.78 Å². The quantitative estimate of drug-likeness (QED) is 0.859. The highest BCUT2D eigenvalue weighted by Gasteiger charge is 2.25. The summed E-state index contributed by atoms with van der Waals surface area (Å²) in [6, 6.07) is 9.59. The molecule has 1 atom stereocenters. The smallest absolute Gasteiger partial charge is 0.246 e. The van der Waals surface area contributed by atoms with Gasteiger partial charge < -0.3 is 4.74 Å². The van der Waals surface area contributed by atoms with Crippen molar-refractivity contribution >= 4 is 21.6 Å². The zero-order chi connectivity index (χ0) is 17.0. The first kappa shape index (κ1) is 17.8. The molecule has 2 aromatic rings. The predicted molar refractivity (Wildman–Crippen MR) is 82.7 cm³/mol. The van der Waals surface area contributed by atoms with Gasteiger partial charge in [0.2, 0.25) is 10.0 Å². The molecule has 0 spiro atoms. The Kier molecular flexibility index (Phi) is 5.69. The van der Waals surface area contributed by atoms with Crippen LogP contribution in [0.2, 0.25) is 5.02 Å². The maximum Gasteiger partial charge on any atom is 0.246 e. The van der Waals surface area contributed by atoms with Crippen LogP contribution in [-0.4, -0.2) is 22.1 Å². The molecule has 8 heteroatoms. The van der Waals surface area contributed by atoms with Crippen LogP contribution >= 0.6 is 11.6 Å². The molecule has 2 aromatic carbocycles. The molecular weight excluding hydrogens is 348 g/mol. The zero-order valence-corrected chi connectivity index (χ0v) is 13.7. The largest absolute Gasteiger partial charge is 0.375 e. The molecule has 0 amide bonds. The van der Waals surface area contributed by atoms with Gasteiger partial charge in [0, 0.05) is 24.2 Å². The minimum atomic E-state index is -4.37. The molecule has 0 fully saturated rings. The SMILES string of the molecule is COC(CNS(=O)(=O)c1c(F)cccc1F)c1ccccc1Cl.